The van der Waals surface area contributed by atoms with E-state index in [0.29, 0.717) is 12.3 Å². The van der Waals surface area contributed by atoms with Gasteiger partial charge >= 0.3 is 0 Å². The van der Waals surface area contributed by atoms with Crippen molar-refractivity contribution in [2.24, 2.45) is 0 Å². The minimum absolute atomic E-state index is 0.0378. The maximum Gasteiger partial charge on any atom is 0.258 e. The first-order valence-electron chi connectivity index (χ1n) is 8.62. The van der Waals surface area contributed by atoms with Gasteiger partial charge in [-0.25, -0.2) is 4.98 Å². The summed E-state index contributed by atoms with van der Waals surface area (Å²) >= 11 is 7.74. The van der Waals surface area contributed by atoms with Crippen molar-refractivity contribution in [2.75, 3.05) is 6.61 Å². The standard InChI is InChI=1S/C21H21ClN2O2S/c1-13-9-17(10-14(2)20(13)22)26-12-19(25)23-11-18-15(3)24-21(27-18)16-7-5-4-6-8-16/h4-10H,11-12H2,1-3H3,(H,23,25). The van der Waals surface area contributed by atoms with Crippen LogP contribution in [-0.2, 0) is 11.3 Å². The largest absolute Gasteiger partial charge is 0.484 e. The normalized spacial score (nSPS) is 10.7. The van der Waals surface area contributed by atoms with Crippen molar-refractivity contribution >= 4 is 28.8 Å². The number of hydrogen-bond acceptors (Lipinski definition) is 4. The number of nitrogens with one attached hydrogen (secondary N) is 1. The lowest BCUT2D eigenvalue weighted by atomic mass is 10.1. The van der Waals surface area contributed by atoms with Gasteiger partial charge in [-0.3, -0.25) is 4.79 Å². The van der Waals surface area contributed by atoms with Gasteiger partial charge in [0.2, 0.25) is 0 Å². The van der Waals surface area contributed by atoms with Crippen LogP contribution >= 0.6 is 22.9 Å². The third-order valence-electron chi connectivity index (χ3n) is 4.14. The van der Waals surface area contributed by atoms with Gasteiger partial charge in [0.25, 0.3) is 5.91 Å². The zero-order chi connectivity index (χ0) is 19.4. The Balaban J connectivity index is 1.56. The lowest BCUT2D eigenvalue weighted by Gasteiger charge is -2.10. The topological polar surface area (TPSA) is 51.2 Å². The summed E-state index contributed by atoms with van der Waals surface area (Å²) in [5.74, 6) is 0.471. The van der Waals surface area contributed by atoms with Crippen molar-refractivity contribution in [3.63, 3.8) is 0 Å². The molecule has 0 spiro atoms. The Kier molecular flexibility index (Phi) is 6.14. The molecule has 0 aliphatic rings. The molecular formula is C21H21ClN2O2S. The summed E-state index contributed by atoms with van der Waals surface area (Å²) in [6, 6.07) is 13.7. The molecule has 0 aliphatic carbocycles. The van der Waals surface area contributed by atoms with E-state index in [1.54, 1.807) is 11.3 Å². The Bertz CT molecular complexity index is 931. The molecule has 0 saturated heterocycles. The Morgan fingerprint density at radius 1 is 1.15 bits per heavy atom. The molecule has 140 valence electrons. The third-order valence-corrected chi connectivity index (χ3v) is 5.94. The Morgan fingerprint density at radius 2 is 1.81 bits per heavy atom. The van der Waals surface area contributed by atoms with E-state index in [4.69, 9.17) is 16.3 Å². The van der Waals surface area contributed by atoms with Crippen LogP contribution in [0.5, 0.6) is 5.75 Å². The van der Waals surface area contributed by atoms with Crippen molar-refractivity contribution < 1.29 is 9.53 Å². The number of aromatic nitrogens is 1. The van der Waals surface area contributed by atoms with Gasteiger partial charge in [0.15, 0.2) is 6.61 Å². The smallest absolute Gasteiger partial charge is 0.258 e. The number of benzene rings is 2. The molecule has 0 radical (unpaired) electrons. The van der Waals surface area contributed by atoms with Gasteiger partial charge in [-0.15, -0.1) is 11.3 Å². The summed E-state index contributed by atoms with van der Waals surface area (Å²) in [7, 11) is 0. The van der Waals surface area contributed by atoms with Crippen molar-refractivity contribution in [2.45, 2.75) is 27.3 Å². The predicted molar refractivity (Wildman–Crippen MR) is 111 cm³/mol. The van der Waals surface area contributed by atoms with Crippen molar-refractivity contribution in [1.82, 2.24) is 10.3 Å². The fourth-order valence-electron chi connectivity index (χ4n) is 2.66. The van der Waals surface area contributed by atoms with Crippen LogP contribution in [0.1, 0.15) is 21.7 Å². The number of thiazole rings is 1. The first-order chi connectivity index (χ1) is 12.9. The first-order valence-corrected chi connectivity index (χ1v) is 9.81. The summed E-state index contributed by atoms with van der Waals surface area (Å²) < 4.78 is 5.59. The Morgan fingerprint density at radius 3 is 2.48 bits per heavy atom. The van der Waals surface area contributed by atoms with E-state index >= 15 is 0 Å². The molecule has 3 aromatic rings. The zero-order valence-corrected chi connectivity index (χ0v) is 17.1. The molecule has 0 unspecified atom stereocenters. The SMILES string of the molecule is Cc1cc(OCC(=O)NCc2sc(-c3ccccc3)nc2C)cc(C)c1Cl. The van der Waals surface area contributed by atoms with Crippen LogP contribution in [0, 0.1) is 20.8 Å². The maximum atomic E-state index is 12.1. The van der Waals surface area contributed by atoms with Crippen LogP contribution in [-0.4, -0.2) is 17.5 Å². The van der Waals surface area contributed by atoms with Gasteiger partial charge < -0.3 is 10.1 Å². The summed E-state index contributed by atoms with van der Waals surface area (Å²) in [4.78, 5) is 17.8. The molecule has 0 saturated carbocycles. The number of amides is 1. The van der Waals surface area contributed by atoms with Crippen LogP contribution in [0.3, 0.4) is 0 Å². The van der Waals surface area contributed by atoms with E-state index in [9.17, 15) is 4.79 Å². The highest BCUT2D eigenvalue weighted by atomic mass is 35.5. The van der Waals surface area contributed by atoms with E-state index < -0.39 is 0 Å². The van der Waals surface area contributed by atoms with Crippen molar-refractivity contribution in [1.29, 1.82) is 0 Å². The highest BCUT2D eigenvalue weighted by Gasteiger charge is 2.11. The summed E-state index contributed by atoms with van der Waals surface area (Å²) in [5.41, 5.74) is 3.88. The van der Waals surface area contributed by atoms with E-state index in [-0.39, 0.29) is 12.5 Å². The number of halogens is 1. The molecule has 4 nitrogen and oxygen atoms in total. The van der Waals surface area contributed by atoms with Gasteiger partial charge in [0.1, 0.15) is 10.8 Å². The maximum absolute atomic E-state index is 12.1. The summed E-state index contributed by atoms with van der Waals surface area (Å²) in [5, 5.41) is 4.58. The zero-order valence-electron chi connectivity index (χ0n) is 15.5. The minimum Gasteiger partial charge on any atom is -0.484 e. The second-order valence-corrected chi connectivity index (χ2v) is 7.79. The second-order valence-electron chi connectivity index (χ2n) is 6.33. The van der Waals surface area contributed by atoms with Crippen molar-refractivity contribution in [3.8, 4) is 16.3 Å². The van der Waals surface area contributed by atoms with Crippen LogP contribution < -0.4 is 10.1 Å². The lowest BCUT2D eigenvalue weighted by molar-refractivity contribution is -0.123. The molecule has 27 heavy (non-hydrogen) atoms. The second kappa shape index (κ2) is 8.55. The van der Waals surface area contributed by atoms with E-state index in [0.717, 1.165) is 37.3 Å². The number of hydrogen-bond donors (Lipinski definition) is 1. The minimum atomic E-state index is -0.172. The summed E-state index contributed by atoms with van der Waals surface area (Å²) in [6.45, 7) is 6.19. The number of carbonyl (C=O) groups excluding carboxylic acids is 1. The van der Waals surface area contributed by atoms with Gasteiger partial charge in [0.05, 0.1) is 12.2 Å². The molecule has 0 bridgehead atoms. The van der Waals surface area contributed by atoms with E-state index in [1.807, 2.05) is 63.2 Å². The molecule has 0 aliphatic heterocycles. The fraction of sp³-hybridized carbons (Fsp3) is 0.238. The average Bonchev–Trinajstić information content (AvgIpc) is 3.04. The Labute approximate surface area is 168 Å². The number of nitrogens with zero attached hydrogens (tertiary/aromatic N) is 1. The van der Waals surface area contributed by atoms with Gasteiger partial charge in [-0.05, 0) is 44.0 Å². The molecule has 3 rings (SSSR count). The number of ether oxygens (including phenoxy) is 1. The van der Waals surface area contributed by atoms with Crippen LogP contribution in [0.15, 0.2) is 42.5 Å². The summed E-state index contributed by atoms with van der Waals surface area (Å²) in [6.07, 6.45) is 0. The molecule has 0 atom stereocenters. The van der Waals surface area contributed by atoms with Gasteiger partial charge in [-0.1, -0.05) is 41.9 Å². The molecule has 1 heterocycles. The molecule has 1 amide bonds. The average molecular weight is 401 g/mol. The highest BCUT2D eigenvalue weighted by molar-refractivity contribution is 7.15. The van der Waals surface area contributed by atoms with E-state index in [2.05, 4.69) is 10.3 Å². The molecule has 0 fully saturated rings. The molecule has 1 N–H and O–H groups in total. The highest BCUT2D eigenvalue weighted by Crippen LogP contribution is 2.28. The number of aryl methyl sites for hydroxylation is 3. The monoisotopic (exact) mass is 400 g/mol. The lowest BCUT2D eigenvalue weighted by Crippen LogP contribution is -2.28. The van der Waals surface area contributed by atoms with Crippen LogP contribution in [0.25, 0.3) is 10.6 Å². The molecule has 2 aromatic carbocycles. The van der Waals surface area contributed by atoms with E-state index in [1.165, 1.54) is 0 Å². The number of rotatable bonds is 6. The van der Waals surface area contributed by atoms with Crippen molar-refractivity contribution in [3.05, 3.63) is 69.2 Å². The van der Waals surface area contributed by atoms with Gasteiger partial charge in [-0.2, -0.15) is 0 Å². The van der Waals surface area contributed by atoms with Gasteiger partial charge in [0, 0.05) is 15.5 Å². The third kappa shape index (κ3) is 4.87. The Hall–Kier alpha value is -2.37. The fourth-order valence-corrected chi connectivity index (χ4v) is 3.78. The molecule has 6 heteroatoms. The van der Waals surface area contributed by atoms with Crippen LogP contribution in [0.2, 0.25) is 5.02 Å². The predicted octanol–water partition coefficient (Wildman–Crippen LogP) is 5.08. The van der Waals surface area contributed by atoms with Crippen LogP contribution in [0.4, 0.5) is 0 Å². The first kappa shape index (κ1) is 19.4. The number of carbonyl (C=O) groups is 1. The quantitative estimate of drug-likeness (QED) is 0.627. The molecule has 1 aromatic heterocycles. The molecular weight excluding hydrogens is 380 g/mol.